The Hall–Kier alpha value is -3.26. The molecule has 0 saturated heterocycles. The number of nitrogens with zero attached hydrogens (tertiary/aromatic N) is 2. The van der Waals surface area contributed by atoms with Crippen molar-refractivity contribution >= 4 is 40.5 Å². The van der Waals surface area contributed by atoms with E-state index in [2.05, 4.69) is 15.8 Å². The third-order valence-corrected chi connectivity index (χ3v) is 3.97. The average Bonchev–Trinajstić information content (AvgIpc) is 2.62. The van der Waals surface area contributed by atoms with E-state index in [0.717, 1.165) is 5.56 Å². The molecule has 0 aromatic heterocycles. The topological polar surface area (TPSA) is 114 Å². The van der Waals surface area contributed by atoms with Gasteiger partial charge in [-0.3, -0.25) is 19.7 Å². The Labute approximate surface area is 160 Å². The number of nitro groups is 1. The first kappa shape index (κ1) is 20.1. The number of hydrazone groups is 1. The molecule has 8 nitrogen and oxygen atoms in total. The van der Waals surface area contributed by atoms with Gasteiger partial charge in [-0.1, -0.05) is 29.8 Å². The summed E-state index contributed by atoms with van der Waals surface area (Å²) < 4.78 is 0. The average molecular weight is 389 g/mol. The van der Waals surface area contributed by atoms with E-state index in [1.54, 1.807) is 25.1 Å². The third kappa shape index (κ3) is 5.61. The Morgan fingerprint density at radius 1 is 1.22 bits per heavy atom. The standard InChI is InChI=1S/C18H17ClN4O4/c1-11-7-8-13(10-15(11)19)20-17(24)9-12(2)21-22-18(25)14-5-3-4-6-16(14)23(26)27/h3-8,10H,9H2,1-2H3,(H,20,24)(H,22,25). The molecule has 0 aliphatic rings. The number of amides is 2. The minimum atomic E-state index is -0.729. The molecular weight excluding hydrogens is 372 g/mol. The first-order valence-corrected chi connectivity index (χ1v) is 8.28. The zero-order valence-electron chi connectivity index (χ0n) is 14.7. The quantitative estimate of drug-likeness (QED) is 0.446. The van der Waals surface area contributed by atoms with E-state index in [1.807, 2.05) is 6.92 Å². The van der Waals surface area contributed by atoms with Crippen molar-refractivity contribution in [1.29, 1.82) is 0 Å². The summed E-state index contributed by atoms with van der Waals surface area (Å²) in [6, 6.07) is 10.7. The van der Waals surface area contributed by atoms with Crippen LogP contribution in [0.3, 0.4) is 0 Å². The number of nitro benzene ring substituents is 1. The molecule has 2 rings (SSSR count). The van der Waals surface area contributed by atoms with Gasteiger partial charge in [-0.2, -0.15) is 5.10 Å². The second-order valence-corrected chi connectivity index (χ2v) is 6.16. The van der Waals surface area contributed by atoms with Crippen LogP contribution < -0.4 is 10.7 Å². The van der Waals surface area contributed by atoms with Crippen LogP contribution in [0.1, 0.15) is 29.3 Å². The zero-order chi connectivity index (χ0) is 20.0. The maximum atomic E-state index is 12.1. The molecule has 0 aliphatic heterocycles. The Balaban J connectivity index is 1.97. The number of carbonyl (C=O) groups excluding carboxylic acids is 2. The molecule has 27 heavy (non-hydrogen) atoms. The lowest BCUT2D eigenvalue weighted by Gasteiger charge is -2.07. The first-order valence-electron chi connectivity index (χ1n) is 7.91. The normalized spacial score (nSPS) is 11.0. The van der Waals surface area contributed by atoms with Gasteiger partial charge in [-0.25, -0.2) is 5.43 Å². The first-order chi connectivity index (χ1) is 12.8. The molecule has 9 heteroatoms. The van der Waals surface area contributed by atoms with E-state index < -0.39 is 10.8 Å². The Bertz CT molecular complexity index is 927. The molecule has 140 valence electrons. The fraction of sp³-hybridized carbons (Fsp3) is 0.167. The molecule has 0 spiro atoms. The van der Waals surface area contributed by atoms with Crippen molar-refractivity contribution in [2.45, 2.75) is 20.3 Å². The Kier molecular flexibility index (Phi) is 6.62. The Morgan fingerprint density at radius 2 is 1.93 bits per heavy atom. The van der Waals surface area contributed by atoms with Crippen molar-refractivity contribution in [2.75, 3.05) is 5.32 Å². The highest BCUT2D eigenvalue weighted by Gasteiger charge is 2.18. The summed E-state index contributed by atoms with van der Waals surface area (Å²) in [5.41, 5.74) is 3.56. The monoisotopic (exact) mass is 388 g/mol. The molecule has 0 radical (unpaired) electrons. The van der Waals surface area contributed by atoms with Crippen LogP contribution in [-0.2, 0) is 4.79 Å². The predicted molar refractivity (Wildman–Crippen MR) is 103 cm³/mol. The van der Waals surface area contributed by atoms with E-state index in [4.69, 9.17) is 11.6 Å². The van der Waals surface area contributed by atoms with Crippen molar-refractivity contribution in [3.05, 3.63) is 68.7 Å². The Morgan fingerprint density at radius 3 is 2.59 bits per heavy atom. The van der Waals surface area contributed by atoms with Crippen molar-refractivity contribution in [3.63, 3.8) is 0 Å². The molecule has 0 saturated carbocycles. The second-order valence-electron chi connectivity index (χ2n) is 5.75. The van der Waals surface area contributed by atoms with Gasteiger partial charge < -0.3 is 5.32 Å². The maximum absolute atomic E-state index is 12.1. The molecule has 0 atom stereocenters. The summed E-state index contributed by atoms with van der Waals surface area (Å²) in [6.07, 6.45) is -0.0668. The molecule has 2 aromatic rings. The van der Waals surface area contributed by atoms with E-state index in [9.17, 15) is 19.7 Å². The molecule has 0 heterocycles. The summed E-state index contributed by atoms with van der Waals surface area (Å²) in [4.78, 5) is 34.4. The molecule has 0 fully saturated rings. The number of anilines is 1. The summed E-state index contributed by atoms with van der Waals surface area (Å²) in [5, 5.41) is 18.0. The molecule has 0 bridgehead atoms. The highest BCUT2D eigenvalue weighted by Crippen LogP contribution is 2.20. The van der Waals surface area contributed by atoms with Gasteiger partial charge in [0.25, 0.3) is 11.6 Å². The number of carbonyl (C=O) groups is 2. The van der Waals surface area contributed by atoms with Crippen LogP contribution in [0.5, 0.6) is 0 Å². The number of hydrogen-bond donors (Lipinski definition) is 2. The lowest BCUT2D eigenvalue weighted by atomic mass is 10.2. The third-order valence-electron chi connectivity index (χ3n) is 3.57. The van der Waals surface area contributed by atoms with E-state index in [-0.39, 0.29) is 23.6 Å². The van der Waals surface area contributed by atoms with Gasteiger partial charge in [0.2, 0.25) is 5.91 Å². The van der Waals surface area contributed by atoms with Gasteiger partial charge >= 0.3 is 0 Å². The molecular formula is C18H17ClN4O4. The largest absolute Gasteiger partial charge is 0.326 e. The molecule has 2 N–H and O–H groups in total. The lowest BCUT2D eigenvalue weighted by molar-refractivity contribution is -0.385. The van der Waals surface area contributed by atoms with E-state index in [1.165, 1.54) is 24.3 Å². The van der Waals surface area contributed by atoms with Crippen LogP contribution in [0, 0.1) is 17.0 Å². The van der Waals surface area contributed by atoms with Crippen LogP contribution in [0.2, 0.25) is 5.02 Å². The number of aryl methyl sites for hydroxylation is 1. The second kappa shape index (κ2) is 8.91. The summed E-state index contributed by atoms with van der Waals surface area (Å²) in [7, 11) is 0. The van der Waals surface area contributed by atoms with Crippen LogP contribution in [-0.4, -0.2) is 22.4 Å². The number of para-hydroxylation sites is 1. The smallest absolute Gasteiger partial charge is 0.282 e. The minimum absolute atomic E-state index is 0.0668. The van der Waals surface area contributed by atoms with Crippen LogP contribution in [0.25, 0.3) is 0 Å². The van der Waals surface area contributed by atoms with Gasteiger partial charge in [0, 0.05) is 22.5 Å². The van der Waals surface area contributed by atoms with Crippen LogP contribution in [0.4, 0.5) is 11.4 Å². The highest BCUT2D eigenvalue weighted by atomic mass is 35.5. The number of hydrogen-bond acceptors (Lipinski definition) is 5. The SMILES string of the molecule is CC(CC(=O)Nc1ccc(C)c(Cl)c1)=NNC(=O)c1ccccc1[N+](=O)[O-]. The van der Waals surface area contributed by atoms with Crippen LogP contribution in [0.15, 0.2) is 47.6 Å². The number of rotatable bonds is 6. The highest BCUT2D eigenvalue weighted by molar-refractivity contribution is 6.31. The van der Waals surface area contributed by atoms with E-state index in [0.29, 0.717) is 16.4 Å². The molecule has 0 aliphatic carbocycles. The van der Waals surface area contributed by atoms with Crippen molar-refractivity contribution in [3.8, 4) is 0 Å². The van der Waals surface area contributed by atoms with Gasteiger partial charge in [0.05, 0.1) is 11.3 Å². The van der Waals surface area contributed by atoms with Gasteiger partial charge in [-0.15, -0.1) is 0 Å². The summed E-state index contributed by atoms with van der Waals surface area (Å²) in [6.45, 7) is 3.41. The molecule has 0 unspecified atom stereocenters. The van der Waals surface area contributed by atoms with Crippen molar-refractivity contribution in [1.82, 2.24) is 5.43 Å². The maximum Gasteiger partial charge on any atom is 0.282 e. The summed E-state index contributed by atoms with van der Waals surface area (Å²) >= 11 is 6.01. The fourth-order valence-corrected chi connectivity index (χ4v) is 2.36. The fourth-order valence-electron chi connectivity index (χ4n) is 2.18. The number of nitrogens with one attached hydrogen (secondary N) is 2. The molecule has 2 amide bonds. The van der Waals surface area contributed by atoms with Gasteiger partial charge in [0.15, 0.2) is 0 Å². The van der Waals surface area contributed by atoms with E-state index >= 15 is 0 Å². The number of halogens is 1. The zero-order valence-corrected chi connectivity index (χ0v) is 15.4. The number of benzene rings is 2. The van der Waals surface area contributed by atoms with Crippen molar-refractivity contribution in [2.24, 2.45) is 5.10 Å². The van der Waals surface area contributed by atoms with Gasteiger partial charge in [-0.05, 0) is 37.6 Å². The van der Waals surface area contributed by atoms with Crippen LogP contribution >= 0.6 is 11.6 Å². The minimum Gasteiger partial charge on any atom is -0.326 e. The molecule has 2 aromatic carbocycles. The van der Waals surface area contributed by atoms with Crippen molar-refractivity contribution < 1.29 is 14.5 Å². The predicted octanol–water partition coefficient (Wildman–Crippen LogP) is 3.69. The lowest BCUT2D eigenvalue weighted by Crippen LogP contribution is -2.22. The summed E-state index contributed by atoms with van der Waals surface area (Å²) in [5.74, 6) is -1.07. The van der Waals surface area contributed by atoms with Gasteiger partial charge in [0.1, 0.15) is 5.56 Å².